The van der Waals surface area contributed by atoms with E-state index in [1.54, 1.807) is 18.2 Å². The number of thioether (sulfide) groups is 1. The zero-order valence-electron chi connectivity index (χ0n) is 17.2. The highest BCUT2D eigenvalue weighted by atomic mass is 79.9. The summed E-state index contributed by atoms with van der Waals surface area (Å²) in [5.74, 6) is 0.111. The quantitative estimate of drug-likeness (QED) is 0.438. The molecular formula is C22H21BrN2O5S. The second kappa shape index (κ2) is 10.5. The second-order valence-corrected chi connectivity index (χ2v) is 8.33. The van der Waals surface area contributed by atoms with Crippen molar-refractivity contribution in [1.29, 1.82) is 0 Å². The SMILES string of the molecule is CCOc1cc(/C=C2/SC(=Nc3ccc(C)cc3)NC2=O)cc(Br)c1OCC(=O)OC. The van der Waals surface area contributed by atoms with Gasteiger partial charge in [0, 0.05) is 0 Å². The van der Waals surface area contributed by atoms with Crippen molar-refractivity contribution < 1.29 is 23.8 Å². The summed E-state index contributed by atoms with van der Waals surface area (Å²) in [5, 5.41) is 3.29. The maximum atomic E-state index is 12.4. The fourth-order valence-corrected chi connectivity index (χ4v) is 4.05. The molecule has 0 radical (unpaired) electrons. The predicted octanol–water partition coefficient (Wildman–Crippen LogP) is 4.60. The van der Waals surface area contributed by atoms with Crippen molar-refractivity contribution in [3.8, 4) is 11.5 Å². The van der Waals surface area contributed by atoms with Crippen molar-refractivity contribution in [2.45, 2.75) is 13.8 Å². The summed E-state index contributed by atoms with van der Waals surface area (Å²) in [7, 11) is 1.29. The molecule has 0 aliphatic carbocycles. The van der Waals surface area contributed by atoms with E-state index in [1.807, 2.05) is 38.1 Å². The third-order valence-electron chi connectivity index (χ3n) is 4.11. The number of amides is 1. The van der Waals surface area contributed by atoms with Gasteiger partial charge in [0.15, 0.2) is 23.3 Å². The molecule has 31 heavy (non-hydrogen) atoms. The third-order valence-corrected chi connectivity index (χ3v) is 5.61. The van der Waals surface area contributed by atoms with E-state index in [0.29, 0.717) is 32.7 Å². The number of ether oxygens (including phenoxy) is 3. The van der Waals surface area contributed by atoms with Crippen LogP contribution in [0.5, 0.6) is 11.5 Å². The van der Waals surface area contributed by atoms with E-state index in [9.17, 15) is 9.59 Å². The largest absolute Gasteiger partial charge is 0.490 e. The van der Waals surface area contributed by atoms with Crippen LogP contribution in [-0.2, 0) is 14.3 Å². The monoisotopic (exact) mass is 504 g/mol. The Bertz CT molecular complexity index is 1050. The van der Waals surface area contributed by atoms with Crippen LogP contribution in [0.2, 0.25) is 0 Å². The third kappa shape index (κ3) is 6.11. The van der Waals surface area contributed by atoms with Gasteiger partial charge in [-0.05, 0) is 77.4 Å². The zero-order valence-corrected chi connectivity index (χ0v) is 19.6. The molecule has 1 aliphatic heterocycles. The standard InChI is InChI=1S/C22H21BrN2O5S/c1-4-29-17-10-14(9-16(23)20(17)30-12-19(26)28-3)11-18-21(27)25-22(31-18)24-15-7-5-13(2)6-8-15/h5-11H,4,12H2,1-3H3,(H,24,25,27)/b18-11+. The maximum absolute atomic E-state index is 12.4. The minimum absolute atomic E-state index is 0.226. The molecule has 0 saturated carbocycles. The summed E-state index contributed by atoms with van der Waals surface area (Å²) in [6.07, 6.45) is 1.75. The van der Waals surface area contributed by atoms with Gasteiger partial charge in [-0.3, -0.25) is 4.79 Å². The summed E-state index contributed by atoms with van der Waals surface area (Å²) in [4.78, 5) is 28.8. The Morgan fingerprint density at radius 2 is 1.97 bits per heavy atom. The van der Waals surface area contributed by atoms with Crippen LogP contribution in [0.4, 0.5) is 5.69 Å². The molecule has 0 spiro atoms. The van der Waals surface area contributed by atoms with Gasteiger partial charge in [0.25, 0.3) is 5.91 Å². The van der Waals surface area contributed by atoms with Gasteiger partial charge in [-0.25, -0.2) is 9.79 Å². The smallest absolute Gasteiger partial charge is 0.343 e. The van der Waals surface area contributed by atoms with E-state index in [4.69, 9.17) is 9.47 Å². The first-order chi connectivity index (χ1) is 14.9. The molecule has 2 aromatic carbocycles. The van der Waals surface area contributed by atoms with E-state index in [1.165, 1.54) is 18.9 Å². The number of halogens is 1. The molecule has 162 valence electrons. The van der Waals surface area contributed by atoms with Crippen LogP contribution in [0.15, 0.2) is 50.8 Å². The molecule has 0 aromatic heterocycles. The maximum Gasteiger partial charge on any atom is 0.343 e. The van der Waals surface area contributed by atoms with E-state index < -0.39 is 5.97 Å². The number of hydrogen-bond acceptors (Lipinski definition) is 7. The van der Waals surface area contributed by atoms with Gasteiger partial charge < -0.3 is 19.5 Å². The summed E-state index contributed by atoms with van der Waals surface area (Å²) in [6.45, 7) is 4.01. The first kappa shape index (κ1) is 22.9. The summed E-state index contributed by atoms with van der Waals surface area (Å²) in [6, 6.07) is 11.3. The van der Waals surface area contributed by atoms with Crippen LogP contribution >= 0.6 is 27.7 Å². The molecule has 0 atom stereocenters. The van der Waals surface area contributed by atoms with Crippen molar-refractivity contribution in [3.63, 3.8) is 0 Å². The fourth-order valence-electron chi connectivity index (χ4n) is 2.63. The Morgan fingerprint density at radius 3 is 2.65 bits per heavy atom. The lowest BCUT2D eigenvalue weighted by molar-refractivity contribution is -0.142. The molecule has 0 bridgehead atoms. The number of nitrogens with one attached hydrogen (secondary N) is 1. The molecule has 1 N–H and O–H groups in total. The van der Waals surface area contributed by atoms with Crippen molar-refractivity contribution >= 4 is 56.5 Å². The van der Waals surface area contributed by atoms with Gasteiger partial charge in [-0.2, -0.15) is 0 Å². The van der Waals surface area contributed by atoms with Gasteiger partial charge >= 0.3 is 5.97 Å². The predicted molar refractivity (Wildman–Crippen MR) is 125 cm³/mol. The number of rotatable bonds is 7. The molecule has 7 nitrogen and oxygen atoms in total. The number of esters is 1. The highest BCUT2D eigenvalue weighted by molar-refractivity contribution is 9.10. The molecule has 1 amide bonds. The minimum Gasteiger partial charge on any atom is -0.490 e. The Balaban J connectivity index is 1.84. The topological polar surface area (TPSA) is 86.2 Å². The molecule has 2 aromatic rings. The van der Waals surface area contributed by atoms with Crippen LogP contribution in [0.3, 0.4) is 0 Å². The van der Waals surface area contributed by atoms with Crippen molar-refractivity contribution in [1.82, 2.24) is 5.32 Å². The number of amidine groups is 1. The van der Waals surface area contributed by atoms with Crippen molar-refractivity contribution in [2.24, 2.45) is 4.99 Å². The molecule has 3 rings (SSSR count). The molecule has 9 heteroatoms. The lowest BCUT2D eigenvalue weighted by atomic mass is 10.2. The number of hydrogen-bond donors (Lipinski definition) is 1. The Hall–Kier alpha value is -2.78. The van der Waals surface area contributed by atoms with E-state index >= 15 is 0 Å². The molecule has 1 saturated heterocycles. The van der Waals surface area contributed by atoms with E-state index in [0.717, 1.165) is 16.8 Å². The fraction of sp³-hybridized carbons (Fsp3) is 0.227. The number of nitrogens with zero attached hydrogens (tertiary/aromatic N) is 1. The lowest BCUT2D eigenvalue weighted by Gasteiger charge is -2.14. The Kier molecular flexibility index (Phi) is 7.75. The van der Waals surface area contributed by atoms with Crippen molar-refractivity contribution in [3.05, 3.63) is 56.9 Å². The summed E-state index contributed by atoms with van der Waals surface area (Å²) in [5.41, 5.74) is 2.64. The average Bonchev–Trinajstić information content (AvgIpc) is 3.07. The van der Waals surface area contributed by atoms with Crippen LogP contribution in [0.1, 0.15) is 18.1 Å². The first-order valence-electron chi connectivity index (χ1n) is 9.41. The molecule has 0 unspecified atom stereocenters. The van der Waals surface area contributed by atoms with E-state index in [-0.39, 0.29) is 12.5 Å². The lowest BCUT2D eigenvalue weighted by Crippen LogP contribution is -2.19. The van der Waals surface area contributed by atoms with E-state index in [2.05, 4.69) is 31.0 Å². The first-order valence-corrected chi connectivity index (χ1v) is 11.0. The minimum atomic E-state index is -0.500. The van der Waals surface area contributed by atoms with Crippen LogP contribution in [-0.4, -0.2) is 37.4 Å². The number of aliphatic imine (C=N–C) groups is 1. The molecule has 1 heterocycles. The zero-order chi connectivity index (χ0) is 22.4. The van der Waals surface area contributed by atoms with Crippen LogP contribution in [0.25, 0.3) is 6.08 Å². The molecule has 1 fully saturated rings. The Morgan fingerprint density at radius 1 is 1.23 bits per heavy atom. The average molecular weight is 505 g/mol. The molecule has 1 aliphatic rings. The normalized spacial score (nSPS) is 15.8. The summed E-state index contributed by atoms with van der Waals surface area (Å²) < 4.78 is 16.4. The number of carbonyl (C=O) groups is 2. The van der Waals surface area contributed by atoms with Gasteiger partial charge in [0.05, 0.1) is 28.8 Å². The number of aryl methyl sites for hydroxylation is 1. The number of benzene rings is 2. The highest BCUT2D eigenvalue weighted by Crippen LogP contribution is 2.38. The second-order valence-electron chi connectivity index (χ2n) is 6.45. The van der Waals surface area contributed by atoms with Crippen molar-refractivity contribution in [2.75, 3.05) is 20.3 Å². The van der Waals surface area contributed by atoms with Gasteiger partial charge in [-0.15, -0.1) is 0 Å². The number of methoxy groups -OCH3 is 1. The van der Waals surface area contributed by atoms with Crippen LogP contribution in [0, 0.1) is 6.92 Å². The highest BCUT2D eigenvalue weighted by Gasteiger charge is 2.24. The summed E-state index contributed by atoms with van der Waals surface area (Å²) >= 11 is 4.71. The van der Waals surface area contributed by atoms with Gasteiger partial charge in [0.2, 0.25) is 0 Å². The molecular weight excluding hydrogens is 484 g/mol. The van der Waals surface area contributed by atoms with Gasteiger partial charge in [0.1, 0.15) is 0 Å². The number of carbonyl (C=O) groups excluding carboxylic acids is 2. The van der Waals surface area contributed by atoms with Crippen LogP contribution < -0.4 is 14.8 Å². The van der Waals surface area contributed by atoms with Gasteiger partial charge in [-0.1, -0.05) is 17.7 Å². The Labute approximate surface area is 193 Å².